The van der Waals surface area contributed by atoms with Crippen molar-refractivity contribution in [3.63, 3.8) is 0 Å². The molecule has 0 bridgehead atoms. The van der Waals surface area contributed by atoms with E-state index >= 15 is 0 Å². The van der Waals surface area contributed by atoms with Gasteiger partial charge in [-0.1, -0.05) is 31.5 Å². The van der Waals surface area contributed by atoms with E-state index in [1.165, 1.54) is 6.20 Å². The zero-order chi connectivity index (χ0) is 19.2. The molecule has 0 radical (unpaired) electrons. The molecule has 0 aliphatic carbocycles. The Morgan fingerprint density at radius 3 is 2.58 bits per heavy atom. The molecule has 6 nitrogen and oxygen atoms in total. The lowest BCUT2D eigenvalue weighted by Crippen LogP contribution is -2.32. The average Bonchev–Trinajstić information content (AvgIpc) is 2.62. The first-order valence-electron chi connectivity index (χ1n) is 8.68. The second kappa shape index (κ2) is 9.00. The molecule has 0 aliphatic heterocycles. The number of methoxy groups -OCH3 is 1. The van der Waals surface area contributed by atoms with Crippen molar-refractivity contribution in [1.82, 2.24) is 9.71 Å². The molecule has 1 aromatic heterocycles. The molecule has 1 N–H and O–H groups in total. The van der Waals surface area contributed by atoms with Gasteiger partial charge >= 0.3 is 0 Å². The fourth-order valence-electron chi connectivity index (χ4n) is 2.75. The van der Waals surface area contributed by atoms with Gasteiger partial charge in [0, 0.05) is 31.4 Å². The summed E-state index contributed by atoms with van der Waals surface area (Å²) in [5.74, 6) is 1.50. The Kier molecular flexibility index (Phi) is 6.99. The monoisotopic (exact) mass is 377 g/mol. The van der Waals surface area contributed by atoms with E-state index in [1.54, 1.807) is 19.2 Å². The van der Waals surface area contributed by atoms with E-state index in [2.05, 4.69) is 9.71 Å². The smallest absolute Gasteiger partial charge is 0.242 e. The van der Waals surface area contributed by atoms with Gasteiger partial charge in [0.15, 0.2) is 0 Å². The number of hydrogen-bond donors (Lipinski definition) is 1. The number of ether oxygens (including phenoxy) is 1. The molecular weight excluding hydrogens is 350 g/mol. The summed E-state index contributed by atoms with van der Waals surface area (Å²) in [5, 5.41) is 0. The minimum absolute atomic E-state index is 0.0992. The Labute approximate surface area is 156 Å². The molecule has 0 saturated heterocycles. The predicted octanol–water partition coefficient (Wildman–Crippen LogP) is 3.19. The molecule has 26 heavy (non-hydrogen) atoms. The van der Waals surface area contributed by atoms with E-state index in [1.807, 2.05) is 50.1 Å². The van der Waals surface area contributed by atoms with Gasteiger partial charge in [0.25, 0.3) is 0 Å². The van der Waals surface area contributed by atoms with Crippen LogP contribution in [0.1, 0.15) is 32.3 Å². The van der Waals surface area contributed by atoms with Crippen molar-refractivity contribution in [2.45, 2.75) is 44.2 Å². The van der Waals surface area contributed by atoms with Gasteiger partial charge in [-0.15, -0.1) is 0 Å². The van der Waals surface area contributed by atoms with Crippen LogP contribution in [-0.4, -0.2) is 33.6 Å². The molecule has 0 fully saturated rings. The number of nitrogens with zero attached hydrogens (tertiary/aromatic N) is 2. The van der Waals surface area contributed by atoms with Crippen LogP contribution < -0.4 is 14.4 Å². The Balaban J connectivity index is 2.11. The summed E-state index contributed by atoms with van der Waals surface area (Å²) >= 11 is 0. The molecule has 1 heterocycles. The molecular formula is C19H27N3O3S. The second-order valence-electron chi connectivity index (χ2n) is 6.33. The van der Waals surface area contributed by atoms with E-state index in [0.717, 1.165) is 24.2 Å². The van der Waals surface area contributed by atoms with Gasteiger partial charge in [-0.2, -0.15) is 0 Å². The van der Waals surface area contributed by atoms with Gasteiger partial charge in [-0.05, 0) is 31.5 Å². The van der Waals surface area contributed by atoms with Crippen molar-refractivity contribution in [2.24, 2.45) is 0 Å². The van der Waals surface area contributed by atoms with E-state index < -0.39 is 10.0 Å². The lowest BCUT2D eigenvalue weighted by atomic mass is 10.2. The highest BCUT2D eigenvalue weighted by atomic mass is 32.2. The Hall–Kier alpha value is -2.12. The first-order valence-corrected chi connectivity index (χ1v) is 10.2. The molecule has 1 aromatic carbocycles. The Morgan fingerprint density at radius 1 is 1.23 bits per heavy atom. The highest BCUT2D eigenvalue weighted by molar-refractivity contribution is 7.89. The summed E-state index contributed by atoms with van der Waals surface area (Å²) in [6.45, 7) is 4.50. The van der Waals surface area contributed by atoms with Crippen LogP contribution in [0.15, 0.2) is 47.5 Å². The molecule has 1 atom stereocenters. The summed E-state index contributed by atoms with van der Waals surface area (Å²) in [6, 6.07) is 11.0. The van der Waals surface area contributed by atoms with Crippen molar-refractivity contribution in [2.75, 3.05) is 19.1 Å². The molecule has 0 saturated carbocycles. The third kappa shape index (κ3) is 5.19. The van der Waals surface area contributed by atoms with Crippen LogP contribution in [0.5, 0.6) is 5.75 Å². The van der Waals surface area contributed by atoms with Crippen molar-refractivity contribution in [3.8, 4) is 5.75 Å². The summed E-state index contributed by atoms with van der Waals surface area (Å²) in [7, 11) is 0.00465. The van der Waals surface area contributed by atoms with Gasteiger partial charge in [-0.25, -0.2) is 18.1 Å². The number of aromatic nitrogens is 1. The van der Waals surface area contributed by atoms with Gasteiger partial charge in [-0.3, -0.25) is 0 Å². The molecule has 142 valence electrons. The van der Waals surface area contributed by atoms with Crippen molar-refractivity contribution in [1.29, 1.82) is 0 Å². The second-order valence-corrected chi connectivity index (χ2v) is 8.05. The molecule has 0 amide bonds. The van der Waals surface area contributed by atoms with E-state index in [4.69, 9.17) is 4.74 Å². The lowest BCUT2D eigenvalue weighted by molar-refractivity contribution is 0.409. The summed E-state index contributed by atoms with van der Waals surface area (Å²) < 4.78 is 32.8. The average molecular weight is 378 g/mol. The number of nitrogens with one attached hydrogen (secondary N) is 1. The minimum Gasteiger partial charge on any atom is -0.496 e. The molecule has 1 unspecified atom stereocenters. The maximum atomic E-state index is 12.4. The number of anilines is 1. The van der Waals surface area contributed by atoms with Crippen LogP contribution in [0.25, 0.3) is 0 Å². The van der Waals surface area contributed by atoms with Crippen molar-refractivity contribution >= 4 is 15.8 Å². The summed E-state index contributed by atoms with van der Waals surface area (Å²) in [6.07, 6.45) is 3.12. The van der Waals surface area contributed by atoms with Gasteiger partial charge in [0.2, 0.25) is 10.0 Å². The largest absolute Gasteiger partial charge is 0.496 e. The summed E-state index contributed by atoms with van der Waals surface area (Å²) in [4.78, 5) is 6.44. The molecule has 2 rings (SSSR count). The normalized spacial score (nSPS) is 12.6. The third-order valence-corrected chi connectivity index (χ3v) is 5.67. The fourth-order valence-corrected chi connectivity index (χ4v) is 3.97. The zero-order valence-electron chi connectivity index (χ0n) is 15.8. The van der Waals surface area contributed by atoms with Gasteiger partial charge in [0.05, 0.1) is 7.11 Å². The van der Waals surface area contributed by atoms with Crippen LogP contribution in [0.4, 0.5) is 5.82 Å². The predicted molar refractivity (Wildman–Crippen MR) is 104 cm³/mol. The van der Waals surface area contributed by atoms with Gasteiger partial charge < -0.3 is 9.64 Å². The quantitative estimate of drug-likeness (QED) is 0.727. The molecule has 0 aliphatic rings. The maximum absolute atomic E-state index is 12.4. The van der Waals surface area contributed by atoms with Crippen molar-refractivity contribution < 1.29 is 13.2 Å². The zero-order valence-corrected chi connectivity index (χ0v) is 16.6. The SMILES string of the molecule is CCCC(C)NS(=O)(=O)c1ccc(N(C)Cc2ccccc2OC)nc1. The number of rotatable bonds is 9. The summed E-state index contributed by atoms with van der Waals surface area (Å²) in [5.41, 5.74) is 1.03. The third-order valence-electron chi connectivity index (χ3n) is 4.10. The number of para-hydroxylation sites is 1. The molecule has 2 aromatic rings. The topological polar surface area (TPSA) is 71.5 Å². The maximum Gasteiger partial charge on any atom is 0.242 e. The van der Waals surface area contributed by atoms with Crippen LogP contribution in [0.2, 0.25) is 0 Å². The van der Waals surface area contributed by atoms with E-state index in [-0.39, 0.29) is 10.9 Å². The number of hydrogen-bond acceptors (Lipinski definition) is 5. The van der Waals surface area contributed by atoms with E-state index in [0.29, 0.717) is 12.4 Å². The first kappa shape index (κ1) is 20.2. The lowest BCUT2D eigenvalue weighted by Gasteiger charge is -2.20. The van der Waals surface area contributed by atoms with Crippen LogP contribution in [-0.2, 0) is 16.6 Å². The number of pyridine rings is 1. The Morgan fingerprint density at radius 2 is 1.96 bits per heavy atom. The van der Waals surface area contributed by atoms with Crippen molar-refractivity contribution in [3.05, 3.63) is 48.2 Å². The standard InChI is InChI=1S/C19H27N3O3S/c1-5-8-15(2)21-26(23,24)17-11-12-19(20-13-17)22(3)14-16-9-6-7-10-18(16)25-4/h6-7,9-13,15,21H,5,8,14H2,1-4H3. The van der Waals surface area contributed by atoms with Crippen LogP contribution >= 0.6 is 0 Å². The van der Waals surface area contributed by atoms with E-state index in [9.17, 15) is 8.42 Å². The Bertz CT molecular complexity index is 807. The number of benzene rings is 1. The number of sulfonamides is 1. The minimum atomic E-state index is -3.54. The van der Waals surface area contributed by atoms with Crippen LogP contribution in [0, 0.1) is 0 Å². The van der Waals surface area contributed by atoms with Crippen LogP contribution in [0.3, 0.4) is 0 Å². The molecule has 0 spiro atoms. The molecule has 7 heteroatoms. The first-order chi connectivity index (χ1) is 12.4. The highest BCUT2D eigenvalue weighted by Gasteiger charge is 2.18. The fraction of sp³-hybridized carbons (Fsp3) is 0.421. The van der Waals surface area contributed by atoms with Gasteiger partial charge in [0.1, 0.15) is 16.5 Å². The highest BCUT2D eigenvalue weighted by Crippen LogP contribution is 2.21.